The maximum absolute atomic E-state index is 4.37. The van der Waals surface area contributed by atoms with E-state index in [1.807, 2.05) is 30.4 Å². The van der Waals surface area contributed by atoms with Crippen LogP contribution in [0.25, 0.3) is 0 Å². The lowest BCUT2D eigenvalue weighted by Gasteiger charge is -2.20. The molecule has 0 radical (unpaired) electrons. The Hall–Kier alpha value is -0.790. The van der Waals surface area contributed by atoms with E-state index >= 15 is 0 Å². The molecule has 23 heavy (non-hydrogen) atoms. The molecule has 7 heteroatoms. The van der Waals surface area contributed by atoms with Gasteiger partial charge < -0.3 is 10.6 Å². The zero-order chi connectivity index (χ0) is 16.1. The van der Waals surface area contributed by atoms with Gasteiger partial charge in [0.05, 0.1) is 0 Å². The van der Waals surface area contributed by atoms with Gasteiger partial charge in [-0.05, 0) is 32.6 Å². The van der Waals surface area contributed by atoms with Gasteiger partial charge >= 0.3 is 0 Å². The quantitative estimate of drug-likeness (QED) is 0.341. The fraction of sp³-hybridized carbons (Fsp3) is 0.750. The summed E-state index contributed by atoms with van der Waals surface area (Å²) >= 11 is 3.54. The molecule has 0 bridgehead atoms. The highest BCUT2D eigenvalue weighted by Gasteiger charge is 2.38. The topological polar surface area (TPSA) is 52.6 Å². The van der Waals surface area contributed by atoms with Gasteiger partial charge in [0.1, 0.15) is 4.34 Å². The zero-order valence-electron chi connectivity index (χ0n) is 14.0. The first-order chi connectivity index (χ1) is 11.3. The minimum absolute atomic E-state index is 0.529. The second-order valence-electron chi connectivity index (χ2n) is 6.35. The Bertz CT molecular complexity index is 501. The minimum Gasteiger partial charge on any atom is -0.356 e. The molecule has 3 rings (SSSR count). The third-order valence-electron chi connectivity index (χ3n) is 4.45. The summed E-state index contributed by atoms with van der Waals surface area (Å²) in [5, 5.41) is 9.06. The third-order valence-corrected chi connectivity index (χ3v) is 6.50. The van der Waals surface area contributed by atoms with Crippen LogP contribution in [0.1, 0.15) is 32.6 Å². The smallest absolute Gasteiger partial charge is 0.191 e. The Balaban J connectivity index is 1.32. The van der Waals surface area contributed by atoms with Gasteiger partial charge in [-0.15, -0.1) is 11.3 Å². The number of guanidine groups is 1. The average molecular weight is 354 g/mol. The highest BCUT2D eigenvalue weighted by atomic mass is 32.2. The molecule has 1 aromatic rings. The van der Waals surface area contributed by atoms with Crippen molar-refractivity contribution in [2.45, 2.75) is 55.1 Å². The van der Waals surface area contributed by atoms with Crippen LogP contribution in [-0.2, 0) is 0 Å². The fourth-order valence-electron chi connectivity index (χ4n) is 3.18. The molecule has 1 saturated carbocycles. The Labute approximate surface area is 147 Å². The second kappa shape index (κ2) is 8.35. The average Bonchev–Trinajstić information content (AvgIpc) is 3.13. The monoisotopic (exact) mass is 353 g/mol. The minimum atomic E-state index is 0.529. The third kappa shape index (κ3) is 5.09. The molecular formula is C16H27N5S2. The maximum atomic E-state index is 4.37. The standard InChI is InChI=1S/C16H27N5S2/c1-12-10-13(11-21(12)14-4-5-14)20-15(17-2)18-6-3-8-22-16-19-7-9-23-16/h7,9,12-14H,3-6,8,10-11H2,1-2H3,(H2,17,18,20). The Morgan fingerprint density at radius 1 is 1.52 bits per heavy atom. The molecule has 1 aliphatic heterocycles. The van der Waals surface area contributed by atoms with E-state index in [0.717, 1.165) is 41.6 Å². The van der Waals surface area contributed by atoms with Crippen LogP contribution in [0.3, 0.4) is 0 Å². The van der Waals surface area contributed by atoms with E-state index in [9.17, 15) is 0 Å². The molecule has 2 aliphatic rings. The summed E-state index contributed by atoms with van der Waals surface area (Å²) in [6.07, 6.45) is 6.98. The van der Waals surface area contributed by atoms with Crippen molar-refractivity contribution < 1.29 is 0 Å². The highest BCUT2D eigenvalue weighted by molar-refractivity contribution is 8.00. The lowest BCUT2D eigenvalue weighted by Crippen LogP contribution is -2.45. The van der Waals surface area contributed by atoms with E-state index in [-0.39, 0.29) is 0 Å². The molecular weight excluding hydrogens is 326 g/mol. The van der Waals surface area contributed by atoms with Crippen molar-refractivity contribution in [2.75, 3.05) is 25.9 Å². The number of hydrogen-bond donors (Lipinski definition) is 2. The zero-order valence-corrected chi connectivity index (χ0v) is 15.6. The van der Waals surface area contributed by atoms with Gasteiger partial charge in [0.25, 0.3) is 0 Å². The molecule has 1 aliphatic carbocycles. The first kappa shape index (κ1) is 17.0. The fourth-order valence-corrected chi connectivity index (χ4v) is 4.83. The van der Waals surface area contributed by atoms with Crippen molar-refractivity contribution in [2.24, 2.45) is 4.99 Å². The first-order valence-corrected chi connectivity index (χ1v) is 10.4. The van der Waals surface area contributed by atoms with Crippen LogP contribution in [0, 0.1) is 0 Å². The molecule has 0 aromatic carbocycles. The number of nitrogens with one attached hydrogen (secondary N) is 2. The summed E-state index contributed by atoms with van der Waals surface area (Å²) in [5.41, 5.74) is 0. The predicted octanol–water partition coefficient (Wildman–Crippen LogP) is 2.42. The Kier molecular flexibility index (Phi) is 6.19. The van der Waals surface area contributed by atoms with Crippen molar-refractivity contribution in [3.8, 4) is 0 Å². The molecule has 1 aromatic heterocycles. The second-order valence-corrected chi connectivity index (χ2v) is 8.59. The number of thioether (sulfide) groups is 1. The van der Waals surface area contributed by atoms with Gasteiger partial charge in [-0.2, -0.15) is 0 Å². The summed E-state index contributed by atoms with van der Waals surface area (Å²) in [6.45, 7) is 4.46. The van der Waals surface area contributed by atoms with Crippen molar-refractivity contribution in [3.05, 3.63) is 11.6 Å². The SMILES string of the molecule is CN=C(NCCCSc1nccs1)NC1CC(C)N(C2CC2)C1. The van der Waals surface area contributed by atoms with Crippen molar-refractivity contribution in [1.29, 1.82) is 0 Å². The van der Waals surface area contributed by atoms with Gasteiger partial charge in [0.2, 0.25) is 0 Å². The number of nitrogens with zero attached hydrogens (tertiary/aromatic N) is 3. The molecule has 2 unspecified atom stereocenters. The molecule has 5 nitrogen and oxygen atoms in total. The van der Waals surface area contributed by atoms with E-state index in [1.165, 1.54) is 19.3 Å². The van der Waals surface area contributed by atoms with E-state index in [0.29, 0.717) is 12.1 Å². The molecule has 128 valence electrons. The van der Waals surface area contributed by atoms with Crippen LogP contribution >= 0.6 is 23.1 Å². The molecule has 2 heterocycles. The number of aromatic nitrogens is 1. The molecule has 2 N–H and O–H groups in total. The lowest BCUT2D eigenvalue weighted by molar-refractivity contribution is 0.256. The molecule has 0 spiro atoms. The van der Waals surface area contributed by atoms with Crippen LogP contribution in [0.5, 0.6) is 0 Å². The van der Waals surface area contributed by atoms with E-state index in [2.05, 4.69) is 32.4 Å². The number of thiazole rings is 1. The summed E-state index contributed by atoms with van der Waals surface area (Å²) < 4.78 is 1.16. The number of hydrogen-bond acceptors (Lipinski definition) is 5. The number of rotatable bonds is 7. The van der Waals surface area contributed by atoms with Crippen LogP contribution in [0.4, 0.5) is 0 Å². The molecule has 0 amide bonds. The van der Waals surface area contributed by atoms with E-state index in [4.69, 9.17) is 0 Å². The summed E-state index contributed by atoms with van der Waals surface area (Å²) in [6, 6.07) is 2.09. The van der Waals surface area contributed by atoms with Gasteiger partial charge in [-0.1, -0.05) is 11.8 Å². The van der Waals surface area contributed by atoms with Crippen molar-refractivity contribution >= 4 is 29.1 Å². The van der Waals surface area contributed by atoms with Crippen molar-refractivity contribution in [3.63, 3.8) is 0 Å². The van der Waals surface area contributed by atoms with E-state index < -0.39 is 0 Å². The molecule has 2 fully saturated rings. The molecule has 2 atom stereocenters. The van der Waals surface area contributed by atoms with E-state index in [1.54, 1.807) is 11.3 Å². The van der Waals surface area contributed by atoms with Gasteiger partial charge in [-0.3, -0.25) is 9.89 Å². The normalized spacial score (nSPS) is 25.7. The van der Waals surface area contributed by atoms with Crippen LogP contribution in [0.15, 0.2) is 20.9 Å². The summed E-state index contributed by atoms with van der Waals surface area (Å²) in [5.74, 6) is 2.03. The number of likely N-dealkylation sites (tertiary alicyclic amines) is 1. The highest BCUT2D eigenvalue weighted by Crippen LogP contribution is 2.33. The summed E-state index contributed by atoms with van der Waals surface area (Å²) in [4.78, 5) is 11.3. The first-order valence-electron chi connectivity index (χ1n) is 8.51. The van der Waals surface area contributed by atoms with Gasteiger partial charge in [0.15, 0.2) is 5.96 Å². The predicted molar refractivity (Wildman–Crippen MR) is 99.5 cm³/mol. The van der Waals surface area contributed by atoms with Crippen LogP contribution in [-0.4, -0.2) is 59.9 Å². The summed E-state index contributed by atoms with van der Waals surface area (Å²) in [7, 11) is 1.86. The van der Waals surface area contributed by atoms with Gasteiger partial charge in [-0.25, -0.2) is 4.98 Å². The van der Waals surface area contributed by atoms with Crippen LogP contribution in [0.2, 0.25) is 0 Å². The van der Waals surface area contributed by atoms with Crippen LogP contribution < -0.4 is 10.6 Å². The largest absolute Gasteiger partial charge is 0.356 e. The Morgan fingerprint density at radius 2 is 2.39 bits per heavy atom. The number of aliphatic imine (C=N–C) groups is 1. The Morgan fingerprint density at radius 3 is 3.09 bits per heavy atom. The molecule has 1 saturated heterocycles. The van der Waals surface area contributed by atoms with Gasteiger partial charge in [0, 0.05) is 55.6 Å². The van der Waals surface area contributed by atoms with Crippen molar-refractivity contribution in [1.82, 2.24) is 20.5 Å². The lowest BCUT2D eigenvalue weighted by atomic mass is 10.2. The maximum Gasteiger partial charge on any atom is 0.191 e.